The molecule has 20 heavy (non-hydrogen) atoms. The summed E-state index contributed by atoms with van der Waals surface area (Å²) in [5.74, 6) is -0.119. The molecule has 6 heteroatoms. The van der Waals surface area contributed by atoms with Crippen molar-refractivity contribution in [3.05, 3.63) is 24.3 Å². The summed E-state index contributed by atoms with van der Waals surface area (Å²) >= 11 is 0. The molecular weight excluding hydrogens is 260 g/mol. The van der Waals surface area contributed by atoms with Crippen LogP contribution in [0.5, 0.6) is 0 Å². The molecule has 1 rings (SSSR count). The highest BCUT2D eigenvalue weighted by Crippen LogP contribution is 2.14. The predicted molar refractivity (Wildman–Crippen MR) is 77.8 cm³/mol. The van der Waals surface area contributed by atoms with E-state index in [1.54, 1.807) is 38.4 Å². The van der Waals surface area contributed by atoms with Crippen molar-refractivity contribution in [2.24, 2.45) is 0 Å². The van der Waals surface area contributed by atoms with Crippen molar-refractivity contribution in [2.75, 3.05) is 57.8 Å². The maximum Gasteiger partial charge on any atom is 0.252 e. The van der Waals surface area contributed by atoms with Gasteiger partial charge in [0.25, 0.3) is 5.91 Å². The Labute approximate surface area is 119 Å². The molecule has 112 valence electrons. The Kier molecular flexibility index (Phi) is 7.64. The maximum absolute atomic E-state index is 11.9. The van der Waals surface area contributed by atoms with Crippen molar-refractivity contribution in [1.82, 2.24) is 0 Å². The summed E-state index contributed by atoms with van der Waals surface area (Å²) in [4.78, 5) is 13.4. The Bertz CT molecular complexity index is 395. The first kappa shape index (κ1) is 16.4. The lowest BCUT2D eigenvalue weighted by atomic mass is 10.2. The van der Waals surface area contributed by atoms with E-state index >= 15 is 0 Å². The summed E-state index contributed by atoms with van der Waals surface area (Å²) in [5.41, 5.74) is 7.05. The van der Waals surface area contributed by atoms with Crippen LogP contribution in [0.4, 0.5) is 11.4 Å². The largest absolute Gasteiger partial charge is 0.399 e. The quantitative estimate of drug-likeness (QED) is 0.538. The molecule has 0 bridgehead atoms. The molecule has 1 aromatic carbocycles. The monoisotopic (exact) mass is 282 g/mol. The van der Waals surface area contributed by atoms with E-state index in [1.165, 1.54) is 4.90 Å². The van der Waals surface area contributed by atoms with E-state index in [4.69, 9.17) is 19.9 Å². The van der Waals surface area contributed by atoms with Crippen molar-refractivity contribution in [1.29, 1.82) is 0 Å². The van der Waals surface area contributed by atoms with Crippen LogP contribution in [0.3, 0.4) is 0 Å². The van der Waals surface area contributed by atoms with E-state index in [1.807, 2.05) is 0 Å². The third-order valence-electron chi connectivity index (χ3n) is 2.68. The van der Waals surface area contributed by atoms with Crippen molar-refractivity contribution in [2.45, 2.75) is 0 Å². The average molecular weight is 282 g/mol. The summed E-state index contributed by atoms with van der Waals surface area (Å²) < 4.78 is 15.3. The van der Waals surface area contributed by atoms with Crippen LogP contribution in [0, 0.1) is 0 Å². The van der Waals surface area contributed by atoms with E-state index in [0.717, 1.165) is 5.69 Å². The number of anilines is 2. The van der Waals surface area contributed by atoms with E-state index in [0.29, 0.717) is 32.1 Å². The minimum absolute atomic E-state index is 0.0223. The van der Waals surface area contributed by atoms with Gasteiger partial charge in [-0.05, 0) is 24.3 Å². The molecule has 1 aromatic rings. The normalized spacial score (nSPS) is 10.5. The van der Waals surface area contributed by atoms with Gasteiger partial charge >= 0.3 is 0 Å². The van der Waals surface area contributed by atoms with Gasteiger partial charge in [0.2, 0.25) is 0 Å². The van der Waals surface area contributed by atoms with Crippen molar-refractivity contribution >= 4 is 17.3 Å². The minimum Gasteiger partial charge on any atom is -0.399 e. The number of nitrogen functional groups attached to an aromatic ring is 1. The number of methoxy groups -OCH3 is 1. The molecule has 0 spiro atoms. The smallest absolute Gasteiger partial charge is 0.252 e. The molecule has 0 aliphatic rings. The summed E-state index contributed by atoms with van der Waals surface area (Å²) in [6.45, 7) is 1.93. The SMILES string of the molecule is COCCOCCOCC(=O)N(C)c1ccc(N)cc1. The zero-order valence-electron chi connectivity index (χ0n) is 12.0. The van der Waals surface area contributed by atoms with Crippen LogP contribution in [0.15, 0.2) is 24.3 Å². The van der Waals surface area contributed by atoms with E-state index < -0.39 is 0 Å². The fraction of sp³-hybridized carbons (Fsp3) is 0.500. The molecule has 0 aromatic heterocycles. The van der Waals surface area contributed by atoms with Gasteiger partial charge in [0.05, 0.1) is 26.4 Å². The highest BCUT2D eigenvalue weighted by atomic mass is 16.5. The van der Waals surface area contributed by atoms with Crippen molar-refractivity contribution in [3.63, 3.8) is 0 Å². The van der Waals surface area contributed by atoms with E-state index in [2.05, 4.69) is 0 Å². The third-order valence-corrected chi connectivity index (χ3v) is 2.68. The fourth-order valence-corrected chi connectivity index (χ4v) is 1.46. The second-order valence-electron chi connectivity index (χ2n) is 4.20. The van der Waals surface area contributed by atoms with Gasteiger partial charge in [0.1, 0.15) is 6.61 Å². The molecule has 0 radical (unpaired) electrons. The van der Waals surface area contributed by atoms with Crippen LogP contribution < -0.4 is 10.6 Å². The number of hydrogen-bond donors (Lipinski definition) is 1. The molecule has 6 nitrogen and oxygen atoms in total. The van der Waals surface area contributed by atoms with Gasteiger partial charge in [-0.2, -0.15) is 0 Å². The lowest BCUT2D eigenvalue weighted by Crippen LogP contribution is -2.30. The molecule has 1 amide bonds. The standard InChI is InChI=1S/C14H22N2O4/c1-16(13-5-3-12(15)4-6-13)14(17)11-20-10-9-19-8-7-18-2/h3-6H,7-11,15H2,1-2H3. The molecule has 0 fully saturated rings. The summed E-state index contributed by atoms with van der Waals surface area (Å²) in [6.07, 6.45) is 0. The Morgan fingerprint density at radius 1 is 1.10 bits per heavy atom. The number of nitrogens with two attached hydrogens (primary N) is 1. The van der Waals surface area contributed by atoms with Gasteiger partial charge in [-0.25, -0.2) is 0 Å². The zero-order valence-corrected chi connectivity index (χ0v) is 12.0. The molecule has 2 N–H and O–H groups in total. The molecular formula is C14H22N2O4. The third kappa shape index (κ3) is 6.01. The van der Waals surface area contributed by atoms with Crippen LogP contribution in [0.25, 0.3) is 0 Å². The second-order valence-corrected chi connectivity index (χ2v) is 4.20. The molecule has 0 heterocycles. The number of likely N-dealkylation sites (N-methyl/N-ethyl adjacent to an activating group) is 1. The lowest BCUT2D eigenvalue weighted by molar-refractivity contribution is -0.123. The highest BCUT2D eigenvalue weighted by Gasteiger charge is 2.10. The van der Waals surface area contributed by atoms with Crippen LogP contribution in [0.1, 0.15) is 0 Å². The molecule has 0 aliphatic heterocycles. The molecule has 0 atom stereocenters. The second kappa shape index (κ2) is 9.30. The van der Waals surface area contributed by atoms with Crippen LogP contribution in [-0.4, -0.2) is 53.1 Å². The number of hydrogen-bond acceptors (Lipinski definition) is 5. The van der Waals surface area contributed by atoms with Gasteiger partial charge < -0.3 is 24.8 Å². The summed E-state index contributed by atoms with van der Waals surface area (Å²) in [7, 11) is 3.32. The number of nitrogens with zero attached hydrogens (tertiary/aromatic N) is 1. The molecule has 0 saturated carbocycles. The Morgan fingerprint density at radius 2 is 1.70 bits per heavy atom. The molecule has 0 aliphatic carbocycles. The highest BCUT2D eigenvalue weighted by molar-refractivity contribution is 5.93. The maximum atomic E-state index is 11.9. The predicted octanol–water partition coefficient (Wildman–Crippen LogP) is 0.911. The van der Waals surface area contributed by atoms with Crippen molar-refractivity contribution in [3.8, 4) is 0 Å². The minimum atomic E-state index is -0.119. The molecule has 0 unspecified atom stereocenters. The number of ether oxygens (including phenoxy) is 3. The lowest BCUT2D eigenvalue weighted by Gasteiger charge is -2.17. The Morgan fingerprint density at radius 3 is 2.35 bits per heavy atom. The average Bonchev–Trinajstić information content (AvgIpc) is 2.46. The van der Waals surface area contributed by atoms with E-state index in [9.17, 15) is 4.79 Å². The number of rotatable bonds is 9. The number of amides is 1. The number of carbonyl (C=O) groups excluding carboxylic acids is 1. The number of benzene rings is 1. The van der Waals surface area contributed by atoms with Gasteiger partial charge in [0, 0.05) is 25.5 Å². The van der Waals surface area contributed by atoms with Gasteiger partial charge in [-0.1, -0.05) is 0 Å². The van der Waals surface area contributed by atoms with Gasteiger partial charge in [-0.15, -0.1) is 0 Å². The first-order valence-corrected chi connectivity index (χ1v) is 6.41. The van der Waals surface area contributed by atoms with E-state index in [-0.39, 0.29) is 12.5 Å². The van der Waals surface area contributed by atoms with Gasteiger partial charge in [-0.3, -0.25) is 4.79 Å². The first-order chi connectivity index (χ1) is 9.65. The summed E-state index contributed by atoms with van der Waals surface area (Å²) in [5, 5.41) is 0. The zero-order chi connectivity index (χ0) is 14.8. The number of carbonyl (C=O) groups is 1. The first-order valence-electron chi connectivity index (χ1n) is 6.41. The Balaban J connectivity index is 2.20. The summed E-state index contributed by atoms with van der Waals surface area (Å²) in [6, 6.07) is 7.09. The van der Waals surface area contributed by atoms with Crippen LogP contribution in [-0.2, 0) is 19.0 Å². The molecule has 0 saturated heterocycles. The van der Waals surface area contributed by atoms with Gasteiger partial charge in [0.15, 0.2) is 0 Å². The fourth-order valence-electron chi connectivity index (χ4n) is 1.46. The van der Waals surface area contributed by atoms with Crippen LogP contribution >= 0.6 is 0 Å². The van der Waals surface area contributed by atoms with Crippen molar-refractivity contribution < 1.29 is 19.0 Å². The Hall–Kier alpha value is -1.63. The van der Waals surface area contributed by atoms with Crippen LogP contribution in [0.2, 0.25) is 0 Å². The topological polar surface area (TPSA) is 74.0 Å².